The highest BCUT2D eigenvalue weighted by molar-refractivity contribution is 6.07. The first-order valence-electron chi connectivity index (χ1n) is 17.1. The number of aromatic nitrogens is 7. The fraction of sp³-hybridized carbons (Fsp3) is 0.378. The number of para-hydroxylation sites is 1. The number of methoxy groups -OCH3 is 1. The number of carbonyl (C=O) groups excluding carboxylic acids is 1. The SMILES string of the molecule is COc1cc(-c2cn(C3CCC(N4CCn5c(nnc5C(C)C)C4)CC3)c3ncnc(N)c23)ccc1NC(=O)c1cc2ccccc2n1C. The molecule has 0 atom stereocenters. The zero-order valence-electron chi connectivity index (χ0n) is 28.4. The highest BCUT2D eigenvalue weighted by Gasteiger charge is 2.32. The summed E-state index contributed by atoms with van der Waals surface area (Å²) in [7, 11) is 3.51. The zero-order valence-corrected chi connectivity index (χ0v) is 28.4. The van der Waals surface area contributed by atoms with Crippen molar-refractivity contribution in [3.05, 3.63) is 78.4 Å². The Morgan fingerprint density at radius 2 is 1.80 bits per heavy atom. The van der Waals surface area contributed by atoms with Crippen molar-refractivity contribution in [2.75, 3.05) is 24.7 Å². The van der Waals surface area contributed by atoms with Crippen LogP contribution in [0.25, 0.3) is 33.1 Å². The maximum atomic E-state index is 13.4. The molecule has 252 valence electrons. The van der Waals surface area contributed by atoms with Crippen LogP contribution < -0.4 is 15.8 Å². The molecule has 49 heavy (non-hydrogen) atoms. The van der Waals surface area contributed by atoms with Crippen LogP contribution in [-0.4, -0.2) is 64.4 Å². The number of carbonyl (C=O) groups is 1. The van der Waals surface area contributed by atoms with E-state index in [-0.39, 0.29) is 5.91 Å². The summed E-state index contributed by atoms with van der Waals surface area (Å²) < 4.78 is 12.3. The third-order valence-corrected chi connectivity index (χ3v) is 10.5. The Balaban J connectivity index is 1.03. The van der Waals surface area contributed by atoms with Gasteiger partial charge in [-0.1, -0.05) is 38.1 Å². The van der Waals surface area contributed by atoms with E-state index in [0.29, 0.717) is 41.0 Å². The molecular weight excluding hydrogens is 616 g/mol. The van der Waals surface area contributed by atoms with Gasteiger partial charge < -0.3 is 29.5 Å². The van der Waals surface area contributed by atoms with Crippen molar-refractivity contribution in [3.8, 4) is 16.9 Å². The lowest BCUT2D eigenvalue weighted by Gasteiger charge is -2.39. The average molecular weight is 659 g/mol. The fourth-order valence-corrected chi connectivity index (χ4v) is 7.90. The van der Waals surface area contributed by atoms with Crippen molar-refractivity contribution in [2.24, 2.45) is 7.05 Å². The molecule has 12 nitrogen and oxygen atoms in total. The zero-order chi connectivity index (χ0) is 33.8. The second-order valence-corrected chi connectivity index (χ2v) is 13.6. The van der Waals surface area contributed by atoms with Gasteiger partial charge in [-0.25, -0.2) is 9.97 Å². The molecule has 8 rings (SSSR count). The van der Waals surface area contributed by atoms with Crippen LogP contribution in [0.4, 0.5) is 11.5 Å². The number of nitrogens with one attached hydrogen (secondary N) is 1. The largest absolute Gasteiger partial charge is 0.495 e. The molecule has 1 aliphatic carbocycles. The summed E-state index contributed by atoms with van der Waals surface area (Å²) in [5.74, 6) is 3.34. The molecule has 6 aromatic rings. The molecule has 0 unspecified atom stereocenters. The second kappa shape index (κ2) is 12.3. The lowest BCUT2D eigenvalue weighted by molar-refractivity contribution is 0.101. The summed E-state index contributed by atoms with van der Waals surface area (Å²) in [5, 5.41) is 13.9. The minimum absolute atomic E-state index is 0.207. The number of aryl methyl sites for hydroxylation is 1. The summed E-state index contributed by atoms with van der Waals surface area (Å²) in [6, 6.07) is 16.5. The van der Waals surface area contributed by atoms with E-state index in [1.807, 2.05) is 60.1 Å². The van der Waals surface area contributed by atoms with Gasteiger partial charge in [-0.3, -0.25) is 9.69 Å². The number of amides is 1. The third-order valence-electron chi connectivity index (χ3n) is 10.5. The van der Waals surface area contributed by atoms with Crippen LogP contribution in [0.3, 0.4) is 0 Å². The first-order chi connectivity index (χ1) is 23.8. The van der Waals surface area contributed by atoms with Crippen LogP contribution in [0.2, 0.25) is 0 Å². The molecular formula is C37H42N10O2. The maximum absolute atomic E-state index is 13.4. The number of hydrogen-bond acceptors (Lipinski definition) is 8. The molecule has 5 heterocycles. The summed E-state index contributed by atoms with van der Waals surface area (Å²) >= 11 is 0. The van der Waals surface area contributed by atoms with Gasteiger partial charge in [0.15, 0.2) is 0 Å². The topological polar surface area (TPSA) is 134 Å². The van der Waals surface area contributed by atoms with Crippen molar-refractivity contribution < 1.29 is 9.53 Å². The van der Waals surface area contributed by atoms with Crippen molar-refractivity contribution in [1.29, 1.82) is 0 Å². The van der Waals surface area contributed by atoms with Gasteiger partial charge in [0.25, 0.3) is 5.91 Å². The molecule has 12 heteroatoms. The summed E-state index contributed by atoms with van der Waals surface area (Å²) in [6.45, 7) is 7.20. The second-order valence-electron chi connectivity index (χ2n) is 13.6. The summed E-state index contributed by atoms with van der Waals surface area (Å²) in [4.78, 5) is 25.1. The average Bonchev–Trinajstić information content (AvgIpc) is 3.83. The maximum Gasteiger partial charge on any atom is 0.272 e. The molecule has 2 aromatic carbocycles. The Hall–Kier alpha value is -5.23. The highest BCUT2D eigenvalue weighted by Crippen LogP contribution is 2.41. The van der Waals surface area contributed by atoms with E-state index in [4.69, 9.17) is 15.5 Å². The Morgan fingerprint density at radius 3 is 2.57 bits per heavy atom. The first kappa shape index (κ1) is 31.1. The standard InChI is InChI=1S/C37H42N10O2/c1-22(2)35-43-42-32-20-45(15-16-46(32)35)25-10-12-26(13-11-25)47-19-27(33-34(38)39-21-40-36(33)47)23-9-14-28(31(18-23)49-4)41-37(48)30-17-24-7-5-6-8-29(24)44(30)3/h5-9,14,17-19,21-22,25-26H,10-13,15-16,20H2,1-4H3,(H,41,48)(H2,38,39,40). The number of nitrogen functional groups attached to an aromatic ring is 1. The molecule has 0 saturated heterocycles. The molecule has 4 aromatic heterocycles. The monoisotopic (exact) mass is 658 g/mol. The predicted molar refractivity (Wildman–Crippen MR) is 191 cm³/mol. The number of nitrogens with zero attached hydrogens (tertiary/aromatic N) is 8. The van der Waals surface area contributed by atoms with Crippen LogP contribution in [0.5, 0.6) is 5.75 Å². The number of ether oxygens (including phenoxy) is 1. The summed E-state index contributed by atoms with van der Waals surface area (Å²) in [5.41, 5.74) is 11.4. The number of benzene rings is 2. The van der Waals surface area contributed by atoms with Gasteiger partial charge in [0.05, 0.1) is 24.7 Å². The van der Waals surface area contributed by atoms with E-state index in [1.54, 1.807) is 13.4 Å². The lowest BCUT2D eigenvalue weighted by Crippen LogP contribution is -2.43. The minimum Gasteiger partial charge on any atom is -0.495 e. The van der Waals surface area contributed by atoms with Crippen molar-refractivity contribution >= 4 is 39.3 Å². The van der Waals surface area contributed by atoms with Gasteiger partial charge in [-0.15, -0.1) is 10.2 Å². The molecule has 1 saturated carbocycles. The van der Waals surface area contributed by atoms with Gasteiger partial charge in [-0.05, 0) is 55.5 Å². The van der Waals surface area contributed by atoms with Crippen LogP contribution in [0, 0.1) is 0 Å². The van der Waals surface area contributed by atoms with Crippen LogP contribution in [0.15, 0.2) is 61.1 Å². The van der Waals surface area contributed by atoms with E-state index >= 15 is 0 Å². The Bertz CT molecular complexity index is 2190. The first-order valence-corrected chi connectivity index (χ1v) is 17.1. The van der Waals surface area contributed by atoms with Crippen molar-refractivity contribution in [2.45, 2.75) is 70.6 Å². The molecule has 1 aliphatic heterocycles. The molecule has 0 spiro atoms. The molecule has 2 aliphatic rings. The third kappa shape index (κ3) is 5.40. The molecule has 0 bridgehead atoms. The number of hydrogen-bond donors (Lipinski definition) is 2. The van der Waals surface area contributed by atoms with E-state index < -0.39 is 0 Å². The quantitative estimate of drug-likeness (QED) is 0.209. The normalized spacial score (nSPS) is 18.3. The van der Waals surface area contributed by atoms with Crippen LogP contribution >= 0.6 is 0 Å². The Morgan fingerprint density at radius 1 is 1.00 bits per heavy atom. The van der Waals surface area contributed by atoms with E-state index in [0.717, 1.165) is 90.0 Å². The smallest absolute Gasteiger partial charge is 0.272 e. The lowest BCUT2D eigenvalue weighted by atomic mass is 9.89. The molecule has 0 radical (unpaired) electrons. The van der Waals surface area contributed by atoms with E-state index in [9.17, 15) is 4.79 Å². The highest BCUT2D eigenvalue weighted by atomic mass is 16.5. The van der Waals surface area contributed by atoms with Gasteiger partial charge >= 0.3 is 0 Å². The molecule has 1 fully saturated rings. The number of nitrogens with two attached hydrogens (primary N) is 1. The minimum atomic E-state index is -0.207. The van der Waals surface area contributed by atoms with Crippen molar-refractivity contribution in [1.82, 2.24) is 38.8 Å². The van der Waals surface area contributed by atoms with Gasteiger partial charge in [-0.2, -0.15) is 0 Å². The molecule has 1 amide bonds. The number of anilines is 2. The van der Waals surface area contributed by atoms with E-state index in [2.05, 4.69) is 54.6 Å². The number of rotatable bonds is 7. The Kier molecular flexibility index (Phi) is 7.82. The fourth-order valence-electron chi connectivity index (χ4n) is 7.90. The summed E-state index contributed by atoms with van der Waals surface area (Å²) in [6.07, 6.45) is 8.00. The van der Waals surface area contributed by atoms with E-state index in [1.165, 1.54) is 0 Å². The van der Waals surface area contributed by atoms with Gasteiger partial charge in [0.1, 0.15) is 40.9 Å². The number of fused-ring (bicyclic) bond motifs is 3. The van der Waals surface area contributed by atoms with Crippen LogP contribution in [-0.2, 0) is 20.1 Å². The van der Waals surface area contributed by atoms with Crippen molar-refractivity contribution in [3.63, 3.8) is 0 Å². The van der Waals surface area contributed by atoms with Gasteiger partial charge in [0, 0.05) is 60.8 Å². The molecule has 3 N–H and O–H groups in total. The predicted octanol–water partition coefficient (Wildman–Crippen LogP) is 6.15. The van der Waals surface area contributed by atoms with Gasteiger partial charge in [0.2, 0.25) is 0 Å². The Labute approximate surface area is 284 Å². The van der Waals surface area contributed by atoms with Crippen LogP contribution in [0.1, 0.15) is 73.6 Å².